The van der Waals surface area contributed by atoms with Crippen LogP contribution in [0.4, 0.5) is 0 Å². The van der Waals surface area contributed by atoms with Gasteiger partial charge in [-0.2, -0.15) is 0 Å². The molecule has 1 atom stereocenters. The van der Waals surface area contributed by atoms with Crippen LogP contribution in [-0.4, -0.2) is 31.6 Å². The lowest BCUT2D eigenvalue weighted by atomic mass is 9.90. The molecule has 1 heterocycles. The van der Waals surface area contributed by atoms with Gasteiger partial charge in [-0.25, -0.2) is 0 Å². The molecule has 0 saturated carbocycles. The highest BCUT2D eigenvalue weighted by Crippen LogP contribution is 2.26. The summed E-state index contributed by atoms with van der Waals surface area (Å²) in [5.41, 5.74) is 8.48. The fourth-order valence-corrected chi connectivity index (χ4v) is 2.14. The number of rotatable bonds is 3. The topological polar surface area (TPSA) is 29.3 Å². The first kappa shape index (κ1) is 10.7. The molecule has 0 bridgehead atoms. The van der Waals surface area contributed by atoms with E-state index in [4.69, 9.17) is 5.73 Å². The molecule has 0 amide bonds. The first-order chi connectivity index (χ1) is 7.20. The van der Waals surface area contributed by atoms with Crippen LogP contribution in [0.2, 0.25) is 0 Å². The van der Waals surface area contributed by atoms with Crippen LogP contribution >= 0.6 is 0 Å². The van der Waals surface area contributed by atoms with E-state index in [-0.39, 0.29) is 0 Å². The molecule has 1 aromatic rings. The summed E-state index contributed by atoms with van der Waals surface area (Å²) < 4.78 is 0. The Bertz CT molecular complexity index is 312. The molecule has 1 fully saturated rings. The maximum absolute atomic E-state index is 5.65. The molecule has 0 radical (unpaired) electrons. The van der Waals surface area contributed by atoms with Crippen LogP contribution in [0.15, 0.2) is 24.3 Å². The summed E-state index contributed by atoms with van der Waals surface area (Å²) in [5.74, 6) is 1.22. The maximum Gasteiger partial charge on any atom is 0.00933 e. The largest absolute Gasteiger partial charge is 0.330 e. The Balaban J connectivity index is 2.04. The fourth-order valence-electron chi connectivity index (χ4n) is 2.14. The molecule has 2 N–H and O–H groups in total. The molecule has 2 heteroatoms. The Hall–Kier alpha value is -0.860. The van der Waals surface area contributed by atoms with Crippen molar-refractivity contribution in [1.29, 1.82) is 0 Å². The van der Waals surface area contributed by atoms with E-state index in [1.807, 2.05) is 0 Å². The summed E-state index contributed by atoms with van der Waals surface area (Å²) in [5, 5.41) is 0. The minimum absolute atomic E-state index is 0.475. The van der Waals surface area contributed by atoms with Crippen molar-refractivity contribution in [1.82, 2.24) is 4.90 Å². The number of nitrogens with zero attached hydrogens (tertiary/aromatic N) is 1. The smallest absolute Gasteiger partial charge is 0.00933 e. The predicted molar refractivity (Wildman–Crippen MR) is 64.1 cm³/mol. The molecule has 2 rings (SSSR count). The highest BCUT2D eigenvalue weighted by atomic mass is 15.2. The molecular formula is C13H20N2. The quantitative estimate of drug-likeness (QED) is 0.813. The van der Waals surface area contributed by atoms with E-state index in [0.29, 0.717) is 5.92 Å². The number of hydrogen-bond donors (Lipinski definition) is 1. The second-order valence-electron chi connectivity index (χ2n) is 4.72. The van der Waals surface area contributed by atoms with Crippen LogP contribution in [0, 0.1) is 0 Å². The van der Waals surface area contributed by atoms with E-state index in [0.717, 1.165) is 12.5 Å². The van der Waals surface area contributed by atoms with Gasteiger partial charge in [-0.1, -0.05) is 31.2 Å². The minimum atomic E-state index is 0.475. The Morgan fingerprint density at radius 3 is 2.40 bits per heavy atom. The van der Waals surface area contributed by atoms with Gasteiger partial charge in [0, 0.05) is 19.0 Å². The fraction of sp³-hybridized carbons (Fsp3) is 0.538. The van der Waals surface area contributed by atoms with Crippen molar-refractivity contribution in [3.8, 4) is 0 Å². The Morgan fingerprint density at radius 2 is 1.93 bits per heavy atom. The van der Waals surface area contributed by atoms with Crippen LogP contribution in [0.25, 0.3) is 0 Å². The second kappa shape index (κ2) is 4.33. The predicted octanol–water partition coefficient (Wildman–Crippen LogP) is 1.78. The van der Waals surface area contributed by atoms with Gasteiger partial charge in [0.2, 0.25) is 0 Å². The summed E-state index contributed by atoms with van der Waals surface area (Å²) in [7, 11) is 2.17. The lowest BCUT2D eigenvalue weighted by Crippen LogP contribution is -2.41. The van der Waals surface area contributed by atoms with Crippen molar-refractivity contribution in [2.75, 3.05) is 26.7 Å². The molecule has 1 aliphatic heterocycles. The van der Waals surface area contributed by atoms with Gasteiger partial charge in [-0.05, 0) is 30.6 Å². The lowest BCUT2D eigenvalue weighted by Gasteiger charge is -2.36. The van der Waals surface area contributed by atoms with E-state index < -0.39 is 0 Å². The SMILES string of the molecule is CC(CN)c1ccc(C2CN(C)C2)cc1. The average Bonchev–Trinajstić information content (AvgIpc) is 2.24. The summed E-state index contributed by atoms with van der Waals surface area (Å²) in [6.45, 7) is 5.30. The Morgan fingerprint density at radius 1 is 1.33 bits per heavy atom. The molecule has 82 valence electrons. The molecule has 1 saturated heterocycles. The molecule has 1 unspecified atom stereocenters. The third-order valence-electron chi connectivity index (χ3n) is 3.39. The van der Waals surface area contributed by atoms with Gasteiger partial charge in [0.05, 0.1) is 0 Å². The first-order valence-corrected chi connectivity index (χ1v) is 5.69. The van der Waals surface area contributed by atoms with Crippen molar-refractivity contribution in [2.24, 2.45) is 5.73 Å². The lowest BCUT2D eigenvalue weighted by molar-refractivity contribution is 0.190. The van der Waals surface area contributed by atoms with Gasteiger partial charge in [-0.15, -0.1) is 0 Å². The molecule has 2 nitrogen and oxygen atoms in total. The number of benzene rings is 1. The summed E-state index contributed by atoms with van der Waals surface area (Å²) >= 11 is 0. The highest BCUT2D eigenvalue weighted by Gasteiger charge is 2.24. The monoisotopic (exact) mass is 204 g/mol. The highest BCUT2D eigenvalue weighted by molar-refractivity contribution is 5.29. The van der Waals surface area contributed by atoms with E-state index in [1.54, 1.807) is 0 Å². The summed E-state index contributed by atoms with van der Waals surface area (Å²) in [6.07, 6.45) is 0. The molecule has 0 aliphatic carbocycles. The standard InChI is InChI=1S/C13H20N2/c1-10(7-14)11-3-5-12(6-4-11)13-8-15(2)9-13/h3-6,10,13H,7-9,14H2,1-2H3. The van der Waals surface area contributed by atoms with Crippen LogP contribution in [0.3, 0.4) is 0 Å². The zero-order valence-electron chi connectivity index (χ0n) is 9.61. The van der Waals surface area contributed by atoms with E-state index in [9.17, 15) is 0 Å². The van der Waals surface area contributed by atoms with Gasteiger partial charge < -0.3 is 10.6 Å². The van der Waals surface area contributed by atoms with Gasteiger partial charge in [-0.3, -0.25) is 0 Å². The van der Waals surface area contributed by atoms with Crippen molar-refractivity contribution >= 4 is 0 Å². The van der Waals surface area contributed by atoms with Gasteiger partial charge >= 0.3 is 0 Å². The van der Waals surface area contributed by atoms with Crippen LogP contribution in [-0.2, 0) is 0 Å². The van der Waals surface area contributed by atoms with E-state index >= 15 is 0 Å². The molecule has 15 heavy (non-hydrogen) atoms. The molecule has 0 spiro atoms. The van der Waals surface area contributed by atoms with Crippen LogP contribution in [0.1, 0.15) is 29.9 Å². The summed E-state index contributed by atoms with van der Waals surface area (Å²) in [6, 6.07) is 8.98. The molecule has 1 aliphatic rings. The zero-order valence-corrected chi connectivity index (χ0v) is 9.61. The van der Waals surface area contributed by atoms with Crippen molar-refractivity contribution < 1.29 is 0 Å². The van der Waals surface area contributed by atoms with Crippen LogP contribution in [0.5, 0.6) is 0 Å². The van der Waals surface area contributed by atoms with Crippen molar-refractivity contribution in [2.45, 2.75) is 18.8 Å². The van der Waals surface area contributed by atoms with Gasteiger partial charge in [0.25, 0.3) is 0 Å². The number of nitrogens with two attached hydrogens (primary N) is 1. The van der Waals surface area contributed by atoms with Crippen molar-refractivity contribution in [3.63, 3.8) is 0 Å². The Kier molecular flexibility index (Phi) is 3.08. The maximum atomic E-state index is 5.65. The normalized spacial score (nSPS) is 19.9. The third-order valence-corrected chi connectivity index (χ3v) is 3.39. The minimum Gasteiger partial charge on any atom is -0.330 e. The van der Waals surface area contributed by atoms with E-state index in [1.165, 1.54) is 24.2 Å². The number of hydrogen-bond acceptors (Lipinski definition) is 2. The first-order valence-electron chi connectivity index (χ1n) is 5.69. The molecule has 1 aromatic carbocycles. The summed E-state index contributed by atoms with van der Waals surface area (Å²) in [4.78, 5) is 2.35. The third kappa shape index (κ3) is 2.21. The molecular weight excluding hydrogens is 184 g/mol. The van der Waals surface area contributed by atoms with Gasteiger partial charge in [0.15, 0.2) is 0 Å². The van der Waals surface area contributed by atoms with E-state index in [2.05, 4.69) is 43.1 Å². The zero-order chi connectivity index (χ0) is 10.8. The van der Waals surface area contributed by atoms with Crippen molar-refractivity contribution in [3.05, 3.63) is 35.4 Å². The van der Waals surface area contributed by atoms with Gasteiger partial charge in [0.1, 0.15) is 0 Å². The molecule has 0 aromatic heterocycles. The number of likely N-dealkylation sites (N-methyl/N-ethyl adjacent to an activating group) is 1. The average molecular weight is 204 g/mol. The Labute approximate surface area is 92.1 Å². The number of likely N-dealkylation sites (tertiary alicyclic amines) is 1. The second-order valence-corrected chi connectivity index (χ2v) is 4.72. The van der Waals surface area contributed by atoms with Crippen LogP contribution < -0.4 is 5.73 Å².